The number of aromatic carboxylic acids is 1. The Morgan fingerprint density at radius 1 is 1.00 bits per heavy atom. The van der Waals surface area contributed by atoms with Crippen molar-refractivity contribution in [3.8, 4) is 29.0 Å². The number of aryl methyl sites for hydroxylation is 1. The van der Waals surface area contributed by atoms with E-state index in [0.29, 0.717) is 41.1 Å². The minimum atomic E-state index is -1.09. The molecular weight excluding hydrogens is 677 g/mol. The number of amides is 1. The number of nitrogens with zero attached hydrogens (tertiary/aromatic N) is 5. The van der Waals surface area contributed by atoms with Gasteiger partial charge < -0.3 is 24.9 Å². The molecule has 0 aliphatic carbocycles. The van der Waals surface area contributed by atoms with Crippen LogP contribution in [0.1, 0.15) is 55.3 Å². The molecule has 0 spiro atoms. The minimum Gasteiger partial charge on any atom is -0.478 e. The third-order valence-corrected chi connectivity index (χ3v) is 8.68. The number of imidazole rings is 1. The van der Waals surface area contributed by atoms with Crippen LogP contribution >= 0.6 is 0 Å². The lowest BCUT2D eigenvalue weighted by molar-refractivity contribution is -0.0589. The first-order valence-electron chi connectivity index (χ1n) is 16.1. The van der Waals surface area contributed by atoms with Gasteiger partial charge >= 0.3 is 5.97 Å². The maximum Gasteiger partial charge on any atom is 0.335 e. The number of carboxylic acids is 1. The normalized spacial score (nSPS) is 13.7. The average Bonchev–Trinajstić information content (AvgIpc) is 3.65. The molecule has 1 saturated heterocycles. The Kier molecular flexibility index (Phi) is 9.18. The fourth-order valence-electron chi connectivity index (χ4n) is 5.87. The van der Waals surface area contributed by atoms with E-state index in [9.17, 15) is 19.1 Å². The second-order valence-corrected chi connectivity index (χ2v) is 12.1. The molecule has 4 heterocycles. The van der Waals surface area contributed by atoms with Crippen molar-refractivity contribution in [2.24, 2.45) is 12.8 Å². The van der Waals surface area contributed by atoms with Crippen LogP contribution in [0.2, 0.25) is 0 Å². The molecule has 14 heteroatoms. The van der Waals surface area contributed by atoms with Crippen molar-refractivity contribution in [1.82, 2.24) is 24.3 Å². The highest BCUT2D eigenvalue weighted by molar-refractivity contribution is 5.94. The van der Waals surface area contributed by atoms with E-state index >= 15 is 8.78 Å². The van der Waals surface area contributed by atoms with Crippen LogP contribution in [0, 0.1) is 29.3 Å². The molecule has 0 radical (unpaired) electrons. The SMILES string of the molecule is Cn1ncc(C#Cc2ccc(COc3cccc(-c4cc(F)c(Cc5nc6ccc(C(=O)O)cc6n5CC5CCO5)cc4F)n3)c(F)c2)c1C(N)=O. The molecule has 52 heavy (non-hydrogen) atoms. The Bertz CT molecular complexity index is 2440. The second kappa shape index (κ2) is 14.0. The highest BCUT2D eigenvalue weighted by atomic mass is 19.1. The van der Waals surface area contributed by atoms with Crippen molar-refractivity contribution in [3.63, 3.8) is 0 Å². The van der Waals surface area contributed by atoms with Gasteiger partial charge in [0, 0.05) is 42.8 Å². The predicted molar refractivity (Wildman–Crippen MR) is 182 cm³/mol. The van der Waals surface area contributed by atoms with E-state index in [1.165, 1.54) is 47.3 Å². The zero-order valence-electron chi connectivity index (χ0n) is 27.6. The summed E-state index contributed by atoms with van der Waals surface area (Å²) in [4.78, 5) is 32.2. The maximum absolute atomic E-state index is 15.6. The molecule has 1 unspecified atom stereocenters. The number of hydrogen-bond donors (Lipinski definition) is 2. The number of pyridine rings is 1. The van der Waals surface area contributed by atoms with Crippen LogP contribution in [0.5, 0.6) is 5.88 Å². The molecule has 6 aromatic rings. The van der Waals surface area contributed by atoms with Crippen molar-refractivity contribution in [2.75, 3.05) is 6.61 Å². The Labute approximate surface area is 294 Å². The summed E-state index contributed by atoms with van der Waals surface area (Å²) in [7, 11) is 1.56. The standard InChI is InChI=1S/C38H29F3N6O5/c1-46-36(37(42)48)23(18-43-46)7-5-21-6-8-24(28(39)13-21)20-52-35-4-2-3-31(45-35)27-17-29(40)25(14-30(27)41)16-34-44-32-10-9-22(38(49)50)15-33(32)47(34)19-26-11-12-51-26/h2-4,6,8-10,13-15,17-18,26H,11-12,16,19-20H2,1H3,(H2,42,48)(H,49,50). The fourth-order valence-corrected chi connectivity index (χ4v) is 5.87. The molecule has 1 aliphatic rings. The number of carboxylic acid groups (broad SMARTS) is 1. The first-order valence-corrected chi connectivity index (χ1v) is 16.1. The van der Waals surface area contributed by atoms with Gasteiger partial charge in [-0.25, -0.2) is 27.9 Å². The number of rotatable bonds is 10. The van der Waals surface area contributed by atoms with Crippen molar-refractivity contribution in [2.45, 2.75) is 32.1 Å². The van der Waals surface area contributed by atoms with Crippen molar-refractivity contribution < 1.29 is 37.3 Å². The molecular formula is C38H29F3N6O5. The van der Waals surface area contributed by atoms with Crippen LogP contribution in [0.25, 0.3) is 22.3 Å². The van der Waals surface area contributed by atoms with Gasteiger partial charge in [0.1, 0.15) is 35.6 Å². The van der Waals surface area contributed by atoms with E-state index in [1.54, 1.807) is 29.8 Å². The quantitative estimate of drug-likeness (QED) is 0.180. The first-order chi connectivity index (χ1) is 25.0. The third kappa shape index (κ3) is 6.94. The molecule has 3 N–H and O–H groups in total. The number of benzene rings is 3. The topological polar surface area (TPSA) is 147 Å². The lowest BCUT2D eigenvalue weighted by atomic mass is 10.0. The van der Waals surface area contributed by atoms with Crippen LogP contribution in [-0.2, 0) is 31.4 Å². The summed E-state index contributed by atoms with van der Waals surface area (Å²) in [5, 5.41) is 13.5. The van der Waals surface area contributed by atoms with Crippen LogP contribution in [-0.4, -0.2) is 54.0 Å². The number of primary amides is 1. The lowest BCUT2D eigenvalue weighted by Crippen LogP contribution is -2.31. The Morgan fingerprint density at radius 2 is 1.81 bits per heavy atom. The van der Waals surface area contributed by atoms with Gasteiger partial charge in [0.2, 0.25) is 5.88 Å². The predicted octanol–water partition coefficient (Wildman–Crippen LogP) is 5.40. The van der Waals surface area contributed by atoms with Crippen molar-refractivity contribution in [1.29, 1.82) is 0 Å². The number of aromatic nitrogens is 5. The Hall–Kier alpha value is -6.46. The number of ether oxygens (including phenoxy) is 2. The molecule has 3 aromatic heterocycles. The lowest BCUT2D eigenvalue weighted by Gasteiger charge is -2.27. The molecule has 0 bridgehead atoms. The van der Waals surface area contributed by atoms with Gasteiger partial charge in [-0.1, -0.05) is 24.0 Å². The van der Waals surface area contributed by atoms with Crippen LogP contribution < -0.4 is 10.5 Å². The first kappa shape index (κ1) is 34.0. The summed E-state index contributed by atoms with van der Waals surface area (Å²) in [5.74, 6) is 2.29. The smallest absolute Gasteiger partial charge is 0.335 e. The van der Waals surface area contributed by atoms with Gasteiger partial charge in [-0.2, -0.15) is 5.10 Å². The molecule has 1 aliphatic heterocycles. The molecule has 7 rings (SSSR count). The van der Waals surface area contributed by atoms with Gasteiger partial charge in [0.25, 0.3) is 5.91 Å². The summed E-state index contributed by atoms with van der Waals surface area (Å²) in [6.07, 6.45) is 2.06. The fraction of sp³-hybridized carbons (Fsp3) is 0.184. The van der Waals surface area contributed by atoms with E-state index in [2.05, 4.69) is 26.9 Å². The van der Waals surface area contributed by atoms with Crippen LogP contribution in [0.4, 0.5) is 13.2 Å². The van der Waals surface area contributed by atoms with E-state index in [1.807, 2.05) is 0 Å². The summed E-state index contributed by atoms with van der Waals surface area (Å²) < 4.78 is 60.6. The zero-order valence-corrected chi connectivity index (χ0v) is 27.6. The maximum atomic E-state index is 15.6. The van der Waals surface area contributed by atoms with E-state index in [0.717, 1.165) is 18.6 Å². The van der Waals surface area contributed by atoms with Gasteiger partial charge in [-0.05, 0) is 60.5 Å². The van der Waals surface area contributed by atoms with Crippen molar-refractivity contribution in [3.05, 3.63) is 130 Å². The van der Waals surface area contributed by atoms with E-state index < -0.39 is 29.3 Å². The number of carbonyl (C=O) groups is 2. The van der Waals surface area contributed by atoms with Gasteiger partial charge in [0.15, 0.2) is 0 Å². The largest absolute Gasteiger partial charge is 0.478 e. The van der Waals surface area contributed by atoms with Gasteiger partial charge in [-0.15, -0.1) is 0 Å². The number of hydrogen-bond acceptors (Lipinski definition) is 7. The molecule has 3 aromatic carbocycles. The Morgan fingerprint density at radius 3 is 2.54 bits per heavy atom. The summed E-state index contributed by atoms with van der Waals surface area (Å²) in [6, 6.07) is 15.6. The van der Waals surface area contributed by atoms with Gasteiger partial charge in [-0.3, -0.25) is 9.48 Å². The molecule has 262 valence electrons. The highest BCUT2D eigenvalue weighted by Crippen LogP contribution is 2.29. The number of fused-ring (bicyclic) bond motifs is 1. The zero-order chi connectivity index (χ0) is 36.5. The third-order valence-electron chi connectivity index (χ3n) is 8.68. The average molecular weight is 707 g/mol. The monoisotopic (exact) mass is 706 g/mol. The molecule has 1 atom stereocenters. The van der Waals surface area contributed by atoms with E-state index in [-0.39, 0.29) is 58.7 Å². The molecule has 0 saturated carbocycles. The second-order valence-electron chi connectivity index (χ2n) is 12.1. The highest BCUT2D eigenvalue weighted by Gasteiger charge is 2.24. The summed E-state index contributed by atoms with van der Waals surface area (Å²) >= 11 is 0. The van der Waals surface area contributed by atoms with Crippen molar-refractivity contribution >= 4 is 22.9 Å². The molecule has 1 fully saturated rings. The number of nitrogens with two attached hydrogens (primary N) is 1. The number of carbonyl (C=O) groups excluding carboxylic acids is 1. The minimum absolute atomic E-state index is 0.0514. The van der Waals surface area contributed by atoms with Crippen LogP contribution in [0.15, 0.2) is 72.9 Å². The number of halogens is 3. The van der Waals surface area contributed by atoms with Crippen LogP contribution in [0.3, 0.4) is 0 Å². The Balaban J connectivity index is 1.07. The summed E-state index contributed by atoms with van der Waals surface area (Å²) in [6.45, 7) is 0.799. The molecule has 11 nitrogen and oxygen atoms in total. The summed E-state index contributed by atoms with van der Waals surface area (Å²) in [5.41, 5.74) is 7.62. The van der Waals surface area contributed by atoms with E-state index in [4.69, 9.17) is 15.2 Å². The molecule has 1 amide bonds. The van der Waals surface area contributed by atoms with Gasteiger partial charge in [0.05, 0.1) is 46.7 Å².